The molecule has 6 heteroatoms. The van der Waals surface area contributed by atoms with E-state index in [0.29, 0.717) is 11.3 Å². The van der Waals surface area contributed by atoms with Crippen molar-refractivity contribution in [3.63, 3.8) is 0 Å². The third-order valence-electron chi connectivity index (χ3n) is 2.47. The van der Waals surface area contributed by atoms with E-state index in [-0.39, 0.29) is 5.82 Å². The molecule has 6 nitrogen and oxygen atoms in total. The van der Waals surface area contributed by atoms with Crippen LogP contribution in [0.25, 0.3) is 22.4 Å². The second-order valence-electron chi connectivity index (χ2n) is 3.61. The lowest BCUT2D eigenvalue weighted by Crippen LogP contribution is -2.04. The van der Waals surface area contributed by atoms with E-state index in [2.05, 4.69) is 15.0 Å². The number of carboxylic acids is 1. The van der Waals surface area contributed by atoms with Crippen LogP contribution in [-0.4, -0.2) is 26.0 Å². The van der Waals surface area contributed by atoms with Crippen molar-refractivity contribution in [1.82, 2.24) is 15.0 Å². The summed E-state index contributed by atoms with van der Waals surface area (Å²) in [6, 6.07) is 7.00. The lowest BCUT2D eigenvalue weighted by atomic mass is 10.1. The molecule has 88 valence electrons. The van der Waals surface area contributed by atoms with Crippen molar-refractivity contribution in [2.75, 3.05) is 0 Å². The Morgan fingerprint density at radius 3 is 2.94 bits per heavy atom. The Hall–Kier alpha value is -2.76. The number of rotatable bonds is 2. The number of benzene rings is 1. The van der Waals surface area contributed by atoms with Crippen LogP contribution in [0.3, 0.4) is 0 Å². The maximum atomic E-state index is 10.8. The van der Waals surface area contributed by atoms with Crippen molar-refractivity contribution >= 4 is 17.1 Å². The molecule has 0 radical (unpaired) electrons. The summed E-state index contributed by atoms with van der Waals surface area (Å²) in [7, 11) is 0. The van der Waals surface area contributed by atoms with Gasteiger partial charge in [-0.25, -0.2) is 19.7 Å². The Labute approximate surface area is 101 Å². The summed E-state index contributed by atoms with van der Waals surface area (Å²) in [5.41, 5.74) is 2.65. The highest BCUT2D eigenvalue weighted by molar-refractivity contribution is 5.84. The Morgan fingerprint density at radius 1 is 1.22 bits per heavy atom. The predicted molar refractivity (Wildman–Crippen MR) is 62.0 cm³/mol. The Balaban J connectivity index is 2.13. The summed E-state index contributed by atoms with van der Waals surface area (Å²) in [4.78, 5) is 22.4. The van der Waals surface area contributed by atoms with E-state index >= 15 is 0 Å². The highest BCUT2D eigenvalue weighted by atomic mass is 16.4. The Bertz CT molecular complexity index is 736. The molecule has 1 aromatic carbocycles. The van der Waals surface area contributed by atoms with Crippen LogP contribution in [-0.2, 0) is 0 Å². The summed E-state index contributed by atoms with van der Waals surface area (Å²) in [6.45, 7) is 0. The number of hydrogen-bond acceptors (Lipinski definition) is 5. The van der Waals surface area contributed by atoms with Gasteiger partial charge < -0.3 is 9.52 Å². The minimum absolute atomic E-state index is 0.231. The molecule has 0 saturated carbocycles. The maximum absolute atomic E-state index is 10.8. The third kappa shape index (κ3) is 1.69. The number of fused-ring (bicyclic) bond motifs is 1. The molecule has 0 aliphatic heterocycles. The molecular formula is C12H7N3O3. The molecule has 18 heavy (non-hydrogen) atoms. The molecule has 0 atom stereocenters. The van der Waals surface area contributed by atoms with Gasteiger partial charge in [-0.05, 0) is 18.2 Å². The molecule has 0 aliphatic rings. The molecule has 2 heterocycles. The summed E-state index contributed by atoms with van der Waals surface area (Å²) in [6.07, 6.45) is 2.77. The first-order chi connectivity index (χ1) is 8.74. The number of aromatic carboxylic acids is 1. The SMILES string of the molecule is O=C(O)c1nccc(-c2ccc3ncoc3c2)n1. The maximum Gasteiger partial charge on any atom is 0.373 e. The number of aromatic nitrogens is 3. The van der Waals surface area contributed by atoms with Gasteiger partial charge in [0.1, 0.15) is 5.52 Å². The topological polar surface area (TPSA) is 89.1 Å². The van der Waals surface area contributed by atoms with Gasteiger partial charge in [0.05, 0.1) is 5.69 Å². The minimum atomic E-state index is -1.16. The van der Waals surface area contributed by atoms with Gasteiger partial charge in [-0.2, -0.15) is 0 Å². The zero-order valence-electron chi connectivity index (χ0n) is 9.07. The highest BCUT2D eigenvalue weighted by Crippen LogP contribution is 2.22. The lowest BCUT2D eigenvalue weighted by Gasteiger charge is -2.00. The van der Waals surface area contributed by atoms with Crippen molar-refractivity contribution in [2.24, 2.45) is 0 Å². The molecule has 0 unspecified atom stereocenters. The molecule has 0 spiro atoms. The summed E-state index contributed by atoms with van der Waals surface area (Å²) < 4.78 is 5.19. The van der Waals surface area contributed by atoms with Gasteiger partial charge in [0.15, 0.2) is 12.0 Å². The molecule has 3 rings (SSSR count). The van der Waals surface area contributed by atoms with Crippen molar-refractivity contribution in [1.29, 1.82) is 0 Å². The number of carboxylic acid groups (broad SMARTS) is 1. The molecule has 0 aliphatic carbocycles. The van der Waals surface area contributed by atoms with E-state index in [9.17, 15) is 4.79 Å². The van der Waals surface area contributed by atoms with Crippen LogP contribution in [0.5, 0.6) is 0 Å². The first kappa shape index (κ1) is 10.4. The van der Waals surface area contributed by atoms with E-state index in [4.69, 9.17) is 9.52 Å². The van der Waals surface area contributed by atoms with Crippen LogP contribution < -0.4 is 0 Å². The molecule has 0 bridgehead atoms. The quantitative estimate of drug-likeness (QED) is 0.737. The Kier molecular flexibility index (Phi) is 2.26. The highest BCUT2D eigenvalue weighted by Gasteiger charge is 2.09. The van der Waals surface area contributed by atoms with Gasteiger partial charge in [0.25, 0.3) is 0 Å². The van der Waals surface area contributed by atoms with Crippen LogP contribution in [0.15, 0.2) is 41.3 Å². The standard InChI is InChI=1S/C12H7N3O3/c16-12(17)11-13-4-3-8(15-11)7-1-2-9-10(5-7)18-6-14-9/h1-6H,(H,16,17). The average molecular weight is 241 g/mol. The molecule has 1 N–H and O–H groups in total. The predicted octanol–water partition coefficient (Wildman–Crippen LogP) is 1.98. The molecular weight excluding hydrogens is 234 g/mol. The van der Waals surface area contributed by atoms with Gasteiger partial charge >= 0.3 is 5.97 Å². The normalized spacial score (nSPS) is 10.7. The van der Waals surface area contributed by atoms with Crippen molar-refractivity contribution in [2.45, 2.75) is 0 Å². The molecule has 0 saturated heterocycles. The monoisotopic (exact) mass is 241 g/mol. The summed E-state index contributed by atoms with van der Waals surface area (Å²) in [5.74, 6) is -1.39. The largest absolute Gasteiger partial charge is 0.475 e. The fourth-order valence-corrected chi connectivity index (χ4v) is 1.64. The first-order valence-electron chi connectivity index (χ1n) is 5.14. The Morgan fingerprint density at radius 2 is 2.11 bits per heavy atom. The van der Waals surface area contributed by atoms with E-state index in [1.54, 1.807) is 24.3 Å². The van der Waals surface area contributed by atoms with E-state index < -0.39 is 5.97 Å². The number of oxazole rings is 1. The van der Waals surface area contributed by atoms with Gasteiger partial charge in [0.2, 0.25) is 5.82 Å². The van der Waals surface area contributed by atoms with Gasteiger partial charge in [0, 0.05) is 11.8 Å². The van der Waals surface area contributed by atoms with Crippen LogP contribution in [0, 0.1) is 0 Å². The van der Waals surface area contributed by atoms with Crippen molar-refractivity contribution < 1.29 is 14.3 Å². The first-order valence-corrected chi connectivity index (χ1v) is 5.14. The zero-order valence-corrected chi connectivity index (χ0v) is 9.07. The number of hydrogen-bond donors (Lipinski definition) is 1. The van der Waals surface area contributed by atoms with E-state index in [1.807, 2.05) is 0 Å². The van der Waals surface area contributed by atoms with E-state index in [0.717, 1.165) is 11.1 Å². The summed E-state index contributed by atoms with van der Waals surface area (Å²) in [5, 5.41) is 8.84. The fraction of sp³-hybridized carbons (Fsp3) is 0. The smallest absolute Gasteiger partial charge is 0.373 e. The van der Waals surface area contributed by atoms with E-state index in [1.165, 1.54) is 12.6 Å². The van der Waals surface area contributed by atoms with Crippen LogP contribution in [0.2, 0.25) is 0 Å². The molecule has 0 amide bonds. The second kappa shape index (κ2) is 3.92. The lowest BCUT2D eigenvalue weighted by molar-refractivity contribution is 0.0683. The fourth-order valence-electron chi connectivity index (χ4n) is 1.64. The van der Waals surface area contributed by atoms with Gasteiger partial charge in [-0.15, -0.1) is 0 Å². The summed E-state index contributed by atoms with van der Waals surface area (Å²) >= 11 is 0. The second-order valence-corrected chi connectivity index (χ2v) is 3.61. The molecule has 2 aromatic heterocycles. The zero-order chi connectivity index (χ0) is 12.5. The van der Waals surface area contributed by atoms with Crippen molar-refractivity contribution in [3.05, 3.63) is 42.7 Å². The minimum Gasteiger partial charge on any atom is -0.475 e. The molecule has 3 aromatic rings. The number of nitrogens with zero attached hydrogens (tertiary/aromatic N) is 3. The van der Waals surface area contributed by atoms with Crippen molar-refractivity contribution in [3.8, 4) is 11.3 Å². The van der Waals surface area contributed by atoms with Crippen LogP contribution in [0.4, 0.5) is 0 Å². The molecule has 0 fully saturated rings. The van der Waals surface area contributed by atoms with Gasteiger partial charge in [-0.1, -0.05) is 6.07 Å². The average Bonchev–Trinajstić information content (AvgIpc) is 2.86. The van der Waals surface area contributed by atoms with Crippen LogP contribution in [0.1, 0.15) is 10.6 Å². The van der Waals surface area contributed by atoms with Crippen LogP contribution >= 0.6 is 0 Å². The third-order valence-corrected chi connectivity index (χ3v) is 2.47. The van der Waals surface area contributed by atoms with Gasteiger partial charge in [-0.3, -0.25) is 0 Å². The number of carbonyl (C=O) groups is 1.